The Morgan fingerprint density at radius 3 is 2.45 bits per heavy atom. The van der Waals surface area contributed by atoms with Crippen LogP contribution in [0.2, 0.25) is 0 Å². The van der Waals surface area contributed by atoms with Crippen LogP contribution in [0.4, 0.5) is 0 Å². The van der Waals surface area contributed by atoms with Crippen molar-refractivity contribution in [3.05, 3.63) is 78.0 Å². The van der Waals surface area contributed by atoms with Crippen LogP contribution in [0.1, 0.15) is 11.1 Å². The van der Waals surface area contributed by atoms with E-state index < -0.39 is 0 Å². The number of aryl methyl sites for hydroxylation is 2. The topological polar surface area (TPSA) is 27.7 Å². The summed E-state index contributed by atoms with van der Waals surface area (Å²) < 4.78 is 2.12. The summed E-state index contributed by atoms with van der Waals surface area (Å²) in [5.41, 5.74) is 6.54. The first-order valence-corrected chi connectivity index (χ1v) is 7.25. The number of rotatable bonds is 2. The average molecular weight is 285 g/mol. The second-order valence-corrected chi connectivity index (χ2v) is 5.42. The van der Waals surface area contributed by atoms with Gasteiger partial charge < -0.3 is 0 Å². The molecule has 22 heavy (non-hydrogen) atoms. The standard InChI is InChI=1S/C20H17N2/c1-15-12-18(17-7-5-6-16(13-17)14-21)9-10-19(15)20-8-3-4-11-22(20)2/h3-13H,1-2H3/q+1. The van der Waals surface area contributed by atoms with Crippen LogP contribution in [-0.2, 0) is 7.05 Å². The fourth-order valence-electron chi connectivity index (χ4n) is 2.70. The van der Waals surface area contributed by atoms with E-state index >= 15 is 0 Å². The molecule has 2 heteroatoms. The Morgan fingerprint density at radius 2 is 1.73 bits per heavy atom. The van der Waals surface area contributed by atoms with Crippen molar-refractivity contribution < 1.29 is 4.57 Å². The first-order chi connectivity index (χ1) is 10.7. The molecule has 106 valence electrons. The second-order valence-electron chi connectivity index (χ2n) is 5.42. The molecule has 0 atom stereocenters. The van der Waals surface area contributed by atoms with E-state index in [1.807, 2.05) is 30.3 Å². The Morgan fingerprint density at radius 1 is 0.909 bits per heavy atom. The summed E-state index contributed by atoms with van der Waals surface area (Å²) in [6.45, 7) is 2.12. The third kappa shape index (κ3) is 2.62. The Bertz CT molecular complexity index is 873. The van der Waals surface area contributed by atoms with E-state index in [2.05, 4.69) is 61.1 Å². The SMILES string of the molecule is Cc1cc(-c2cccc(C#N)c2)ccc1-c1cccc[n+]1C. The zero-order chi connectivity index (χ0) is 15.5. The van der Waals surface area contributed by atoms with Gasteiger partial charge in [-0.15, -0.1) is 0 Å². The highest BCUT2D eigenvalue weighted by Crippen LogP contribution is 2.27. The molecule has 0 spiro atoms. The largest absolute Gasteiger partial charge is 0.212 e. The molecule has 0 radical (unpaired) electrons. The Labute approximate surface area is 130 Å². The monoisotopic (exact) mass is 285 g/mol. The summed E-state index contributed by atoms with van der Waals surface area (Å²) in [4.78, 5) is 0. The molecule has 0 aliphatic heterocycles. The van der Waals surface area contributed by atoms with E-state index in [1.165, 1.54) is 16.8 Å². The molecule has 0 unspecified atom stereocenters. The molecule has 1 aromatic heterocycles. The zero-order valence-corrected chi connectivity index (χ0v) is 12.7. The van der Waals surface area contributed by atoms with Gasteiger partial charge in [0.2, 0.25) is 5.69 Å². The highest BCUT2D eigenvalue weighted by atomic mass is 14.9. The van der Waals surface area contributed by atoms with E-state index in [-0.39, 0.29) is 0 Å². The molecular weight excluding hydrogens is 268 g/mol. The molecule has 0 aliphatic rings. The van der Waals surface area contributed by atoms with Crippen molar-refractivity contribution in [1.82, 2.24) is 0 Å². The molecule has 0 saturated carbocycles. The van der Waals surface area contributed by atoms with E-state index in [0.29, 0.717) is 5.56 Å². The summed E-state index contributed by atoms with van der Waals surface area (Å²) in [6, 6.07) is 22.6. The summed E-state index contributed by atoms with van der Waals surface area (Å²) in [6.07, 6.45) is 2.05. The lowest BCUT2D eigenvalue weighted by atomic mass is 9.97. The minimum absolute atomic E-state index is 0.689. The van der Waals surface area contributed by atoms with Crippen molar-refractivity contribution in [3.8, 4) is 28.5 Å². The minimum Gasteiger partial charge on any atom is -0.201 e. The van der Waals surface area contributed by atoms with Crippen molar-refractivity contribution in [2.24, 2.45) is 7.05 Å². The highest BCUT2D eigenvalue weighted by molar-refractivity contribution is 5.71. The molecule has 1 heterocycles. The van der Waals surface area contributed by atoms with Crippen LogP contribution in [0.25, 0.3) is 22.4 Å². The van der Waals surface area contributed by atoms with Gasteiger partial charge in [0.15, 0.2) is 6.20 Å². The van der Waals surface area contributed by atoms with Gasteiger partial charge in [0.05, 0.1) is 11.6 Å². The van der Waals surface area contributed by atoms with Gasteiger partial charge in [-0.2, -0.15) is 5.26 Å². The van der Waals surface area contributed by atoms with Crippen LogP contribution in [-0.4, -0.2) is 0 Å². The normalized spacial score (nSPS) is 10.2. The van der Waals surface area contributed by atoms with Crippen molar-refractivity contribution in [1.29, 1.82) is 5.26 Å². The van der Waals surface area contributed by atoms with E-state index in [1.54, 1.807) is 0 Å². The zero-order valence-electron chi connectivity index (χ0n) is 12.7. The van der Waals surface area contributed by atoms with Gasteiger partial charge >= 0.3 is 0 Å². The average Bonchev–Trinajstić information content (AvgIpc) is 2.56. The van der Waals surface area contributed by atoms with Crippen LogP contribution in [0.5, 0.6) is 0 Å². The van der Waals surface area contributed by atoms with Crippen LogP contribution in [0, 0.1) is 18.3 Å². The number of aromatic nitrogens is 1. The van der Waals surface area contributed by atoms with E-state index in [9.17, 15) is 0 Å². The number of pyridine rings is 1. The quantitative estimate of drug-likeness (QED) is 0.653. The van der Waals surface area contributed by atoms with Crippen LogP contribution < -0.4 is 4.57 Å². The number of nitrogens with zero attached hydrogens (tertiary/aromatic N) is 2. The summed E-state index contributed by atoms with van der Waals surface area (Å²) in [7, 11) is 2.05. The number of benzene rings is 2. The Hall–Kier alpha value is -2.92. The molecule has 0 saturated heterocycles. The van der Waals surface area contributed by atoms with Gasteiger partial charge in [-0.25, -0.2) is 4.57 Å². The molecule has 0 fully saturated rings. The molecule has 0 amide bonds. The lowest BCUT2D eigenvalue weighted by Crippen LogP contribution is -2.30. The second kappa shape index (κ2) is 5.83. The van der Waals surface area contributed by atoms with Gasteiger partial charge in [-0.3, -0.25) is 0 Å². The van der Waals surface area contributed by atoms with Crippen LogP contribution in [0.3, 0.4) is 0 Å². The smallest absolute Gasteiger partial charge is 0.201 e. The highest BCUT2D eigenvalue weighted by Gasteiger charge is 2.12. The van der Waals surface area contributed by atoms with Crippen molar-refractivity contribution >= 4 is 0 Å². The third-order valence-corrected chi connectivity index (χ3v) is 3.88. The first kappa shape index (κ1) is 14.0. The molecule has 0 bridgehead atoms. The maximum absolute atomic E-state index is 9.03. The maximum atomic E-state index is 9.03. The lowest BCUT2D eigenvalue weighted by Gasteiger charge is -2.08. The van der Waals surface area contributed by atoms with Crippen LogP contribution >= 0.6 is 0 Å². The molecule has 0 N–H and O–H groups in total. The summed E-state index contributed by atoms with van der Waals surface area (Å²) >= 11 is 0. The van der Waals surface area contributed by atoms with Crippen molar-refractivity contribution in [2.45, 2.75) is 6.92 Å². The minimum atomic E-state index is 0.689. The third-order valence-electron chi connectivity index (χ3n) is 3.88. The van der Waals surface area contributed by atoms with E-state index in [0.717, 1.165) is 11.1 Å². The predicted molar refractivity (Wildman–Crippen MR) is 87.9 cm³/mol. The maximum Gasteiger partial charge on any atom is 0.212 e. The number of hydrogen-bond acceptors (Lipinski definition) is 1. The molecule has 3 aromatic rings. The molecule has 0 aliphatic carbocycles. The fraction of sp³-hybridized carbons (Fsp3) is 0.100. The van der Waals surface area contributed by atoms with Gasteiger partial charge in [0.1, 0.15) is 7.05 Å². The lowest BCUT2D eigenvalue weighted by molar-refractivity contribution is -0.660. The summed E-state index contributed by atoms with van der Waals surface area (Å²) in [5, 5.41) is 9.03. The Balaban J connectivity index is 2.06. The van der Waals surface area contributed by atoms with Gasteiger partial charge in [0, 0.05) is 17.7 Å². The van der Waals surface area contributed by atoms with Crippen molar-refractivity contribution in [2.75, 3.05) is 0 Å². The number of nitriles is 1. The van der Waals surface area contributed by atoms with E-state index in [4.69, 9.17) is 5.26 Å². The van der Waals surface area contributed by atoms with Gasteiger partial charge in [-0.05, 0) is 47.9 Å². The Kier molecular flexibility index (Phi) is 3.72. The molecule has 2 aromatic carbocycles. The molecule has 3 rings (SSSR count). The number of hydrogen-bond donors (Lipinski definition) is 0. The van der Waals surface area contributed by atoms with Crippen molar-refractivity contribution in [3.63, 3.8) is 0 Å². The predicted octanol–water partition coefficient (Wildman–Crippen LogP) is 4.03. The first-order valence-electron chi connectivity index (χ1n) is 7.25. The molecule has 2 nitrogen and oxygen atoms in total. The summed E-state index contributed by atoms with van der Waals surface area (Å²) in [5.74, 6) is 0. The molecular formula is C20H17N2+. The van der Waals surface area contributed by atoms with Gasteiger partial charge in [-0.1, -0.05) is 24.3 Å². The van der Waals surface area contributed by atoms with Gasteiger partial charge in [0.25, 0.3) is 0 Å². The van der Waals surface area contributed by atoms with Crippen LogP contribution in [0.15, 0.2) is 66.9 Å². The fourth-order valence-corrected chi connectivity index (χ4v) is 2.70.